The van der Waals surface area contributed by atoms with E-state index in [1.165, 1.54) is 4.68 Å². The Morgan fingerprint density at radius 1 is 1.09 bits per heavy atom. The van der Waals surface area contributed by atoms with Gasteiger partial charge in [0, 0.05) is 5.56 Å². The van der Waals surface area contributed by atoms with Gasteiger partial charge >= 0.3 is 0 Å². The number of aldehydes is 1. The van der Waals surface area contributed by atoms with E-state index in [1.54, 1.807) is 48.5 Å². The number of hydrogen-bond acceptors (Lipinski definition) is 5. The Labute approximate surface area is 131 Å². The standard InChI is InChI=1S/C17H14N2O4/c20-11-12-5-7-13(8-6-12)23-10-9-19-17(22)15-4-2-1-3-14(15)16(21)18-19/h1-8,11H,9-10H2,(H,18,21). The van der Waals surface area contributed by atoms with Gasteiger partial charge in [-0.2, -0.15) is 0 Å². The van der Waals surface area contributed by atoms with Gasteiger partial charge in [0.15, 0.2) is 0 Å². The number of rotatable bonds is 5. The van der Waals surface area contributed by atoms with Crippen molar-refractivity contribution in [1.82, 2.24) is 9.78 Å². The number of aromatic nitrogens is 2. The maximum atomic E-state index is 12.3. The summed E-state index contributed by atoms with van der Waals surface area (Å²) in [7, 11) is 0. The predicted octanol–water partition coefficient (Wildman–Crippen LogP) is 1.99. The molecule has 3 rings (SSSR count). The second-order valence-corrected chi connectivity index (χ2v) is 4.93. The Hall–Kier alpha value is -3.15. The van der Waals surface area contributed by atoms with Gasteiger partial charge in [0.1, 0.15) is 18.6 Å². The summed E-state index contributed by atoms with van der Waals surface area (Å²) in [4.78, 5) is 22.9. The van der Waals surface area contributed by atoms with E-state index in [0.717, 1.165) is 6.29 Å². The van der Waals surface area contributed by atoms with Gasteiger partial charge in [-0.25, -0.2) is 4.68 Å². The molecule has 2 aromatic carbocycles. The van der Waals surface area contributed by atoms with E-state index in [9.17, 15) is 14.7 Å². The molecule has 1 heterocycles. The van der Waals surface area contributed by atoms with Crippen molar-refractivity contribution < 1.29 is 14.6 Å². The molecule has 0 unspecified atom stereocenters. The highest BCUT2D eigenvalue weighted by molar-refractivity contribution is 5.85. The second kappa shape index (κ2) is 6.31. The summed E-state index contributed by atoms with van der Waals surface area (Å²) in [5, 5.41) is 14.6. The minimum atomic E-state index is -0.279. The highest BCUT2D eigenvalue weighted by atomic mass is 16.5. The Morgan fingerprint density at radius 2 is 1.78 bits per heavy atom. The van der Waals surface area contributed by atoms with Crippen molar-refractivity contribution in [2.24, 2.45) is 0 Å². The van der Waals surface area contributed by atoms with Crippen LogP contribution in [0, 0.1) is 0 Å². The highest BCUT2D eigenvalue weighted by Crippen LogP contribution is 2.18. The lowest BCUT2D eigenvalue weighted by Crippen LogP contribution is -2.25. The lowest BCUT2D eigenvalue weighted by Gasteiger charge is -2.09. The number of fused-ring (bicyclic) bond motifs is 1. The van der Waals surface area contributed by atoms with Crippen LogP contribution in [0.4, 0.5) is 0 Å². The molecule has 6 nitrogen and oxygen atoms in total. The first kappa shape index (κ1) is 14.8. The minimum absolute atomic E-state index is 0.185. The fraction of sp³-hybridized carbons (Fsp3) is 0.118. The van der Waals surface area contributed by atoms with Crippen molar-refractivity contribution in [2.75, 3.05) is 6.61 Å². The highest BCUT2D eigenvalue weighted by Gasteiger charge is 2.09. The molecule has 23 heavy (non-hydrogen) atoms. The molecule has 0 aliphatic heterocycles. The van der Waals surface area contributed by atoms with Crippen LogP contribution >= 0.6 is 0 Å². The van der Waals surface area contributed by atoms with Crippen LogP contribution in [0.15, 0.2) is 53.3 Å². The molecule has 0 fully saturated rings. The molecular weight excluding hydrogens is 296 g/mol. The topological polar surface area (TPSA) is 81.4 Å². The molecule has 1 aromatic heterocycles. The lowest BCUT2D eigenvalue weighted by atomic mass is 10.2. The van der Waals surface area contributed by atoms with Crippen molar-refractivity contribution in [2.45, 2.75) is 6.54 Å². The summed E-state index contributed by atoms with van der Waals surface area (Å²) in [6.45, 7) is 0.414. The molecule has 0 amide bonds. The molecule has 116 valence electrons. The van der Waals surface area contributed by atoms with Gasteiger partial charge in [-0.1, -0.05) is 12.1 Å². The van der Waals surface area contributed by atoms with Crippen LogP contribution in [0.3, 0.4) is 0 Å². The zero-order valence-corrected chi connectivity index (χ0v) is 12.2. The number of nitrogens with zero attached hydrogens (tertiary/aromatic N) is 2. The predicted molar refractivity (Wildman–Crippen MR) is 85.0 cm³/mol. The molecule has 1 N–H and O–H groups in total. The van der Waals surface area contributed by atoms with Crippen molar-refractivity contribution in [3.8, 4) is 11.6 Å². The lowest BCUT2D eigenvalue weighted by molar-refractivity contribution is 0.112. The van der Waals surface area contributed by atoms with Gasteiger partial charge < -0.3 is 9.84 Å². The third-order valence-corrected chi connectivity index (χ3v) is 3.44. The molecular formula is C17H14N2O4. The maximum Gasteiger partial charge on any atom is 0.275 e. The Morgan fingerprint density at radius 3 is 2.48 bits per heavy atom. The number of carbonyl (C=O) groups excluding carboxylic acids is 1. The fourth-order valence-electron chi connectivity index (χ4n) is 2.26. The maximum absolute atomic E-state index is 12.3. The molecule has 0 bridgehead atoms. The molecule has 0 radical (unpaired) electrons. The minimum Gasteiger partial charge on any atom is -0.492 e. The average molecular weight is 310 g/mol. The summed E-state index contributed by atoms with van der Waals surface area (Å²) in [5.74, 6) is 0.407. The largest absolute Gasteiger partial charge is 0.492 e. The van der Waals surface area contributed by atoms with Crippen LogP contribution in [0.25, 0.3) is 10.8 Å². The smallest absolute Gasteiger partial charge is 0.275 e. The number of aromatic hydroxyl groups is 1. The Kier molecular flexibility index (Phi) is 4.05. The van der Waals surface area contributed by atoms with E-state index < -0.39 is 0 Å². The normalized spacial score (nSPS) is 10.6. The van der Waals surface area contributed by atoms with Crippen LogP contribution < -0.4 is 10.3 Å². The van der Waals surface area contributed by atoms with E-state index in [4.69, 9.17) is 4.74 Å². The van der Waals surface area contributed by atoms with Crippen LogP contribution in [0.2, 0.25) is 0 Å². The first-order valence-electron chi connectivity index (χ1n) is 7.06. The molecule has 0 saturated carbocycles. The zero-order chi connectivity index (χ0) is 16.2. The number of benzene rings is 2. The van der Waals surface area contributed by atoms with E-state index in [1.807, 2.05) is 0 Å². The number of ether oxygens (including phenoxy) is 1. The SMILES string of the molecule is O=Cc1ccc(OCCn2nc(O)c3ccccc3c2=O)cc1. The third kappa shape index (κ3) is 3.06. The fourth-order valence-corrected chi connectivity index (χ4v) is 2.26. The summed E-state index contributed by atoms with van der Waals surface area (Å²) in [5.41, 5.74) is 0.285. The molecule has 0 aliphatic carbocycles. The molecule has 6 heteroatoms. The van der Waals surface area contributed by atoms with Gasteiger partial charge in [0.2, 0.25) is 5.88 Å². The molecule has 0 atom stereocenters. The van der Waals surface area contributed by atoms with Crippen LogP contribution in [0.5, 0.6) is 11.6 Å². The van der Waals surface area contributed by atoms with E-state index in [2.05, 4.69) is 5.10 Å². The molecule has 0 saturated heterocycles. The first-order valence-corrected chi connectivity index (χ1v) is 7.06. The van der Waals surface area contributed by atoms with Gasteiger partial charge in [-0.3, -0.25) is 9.59 Å². The Balaban J connectivity index is 1.75. The summed E-state index contributed by atoms with van der Waals surface area (Å²) in [6, 6.07) is 13.4. The van der Waals surface area contributed by atoms with Gasteiger partial charge in [-0.15, -0.1) is 5.10 Å². The van der Waals surface area contributed by atoms with Crippen LogP contribution in [0.1, 0.15) is 10.4 Å². The molecule has 0 spiro atoms. The van der Waals surface area contributed by atoms with Gasteiger partial charge in [0.25, 0.3) is 5.56 Å². The average Bonchev–Trinajstić information content (AvgIpc) is 2.60. The quantitative estimate of drug-likeness (QED) is 0.729. The van der Waals surface area contributed by atoms with Crippen LogP contribution in [-0.4, -0.2) is 27.8 Å². The zero-order valence-electron chi connectivity index (χ0n) is 12.2. The first-order chi connectivity index (χ1) is 11.2. The number of carbonyl (C=O) groups is 1. The van der Waals surface area contributed by atoms with Gasteiger partial charge in [-0.05, 0) is 36.4 Å². The van der Waals surface area contributed by atoms with E-state index >= 15 is 0 Å². The van der Waals surface area contributed by atoms with E-state index in [0.29, 0.717) is 22.1 Å². The third-order valence-electron chi connectivity index (χ3n) is 3.44. The summed E-state index contributed by atoms with van der Waals surface area (Å²) >= 11 is 0. The van der Waals surface area contributed by atoms with Crippen molar-refractivity contribution in [1.29, 1.82) is 0 Å². The molecule has 0 aliphatic rings. The summed E-state index contributed by atoms with van der Waals surface area (Å²) in [6.07, 6.45) is 0.755. The molecule has 3 aromatic rings. The van der Waals surface area contributed by atoms with Gasteiger partial charge in [0.05, 0.1) is 17.3 Å². The Bertz CT molecular complexity index is 901. The van der Waals surface area contributed by atoms with Crippen molar-refractivity contribution in [3.05, 3.63) is 64.4 Å². The van der Waals surface area contributed by atoms with Crippen LogP contribution in [-0.2, 0) is 6.54 Å². The number of hydrogen-bond donors (Lipinski definition) is 1. The van der Waals surface area contributed by atoms with Crippen molar-refractivity contribution in [3.63, 3.8) is 0 Å². The second-order valence-electron chi connectivity index (χ2n) is 4.93. The van der Waals surface area contributed by atoms with E-state index in [-0.39, 0.29) is 24.6 Å². The monoisotopic (exact) mass is 310 g/mol. The van der Waals surface area contributed by atoms with Crippen molar-refractivity contribution >= 4 is 17.1 Å². The summed E-state index contributed by atoms with van der Waals surface area (Å²) < 4.78 is 6.70.